The summed E-state index contributed by atoms with van der Waals surface area (Å²) in [4.78, 5) is 14.2. The number of likely N-dealkylation sites (N-methyl/N-ethyl adjacent to an activating group) is 1. The molecule has 2 heterocycles. The molecular formula is C19H25FN4O4S. The van der Waals surface area contributed by atoms with Crippen molar-refractivity contribution in [1.29, 1.82) is 0 Å². The van der Waals surface area contributed by atoms with Crippen molar-refractivity contribution < 1.29 is 22.3 Å². The maximum Gasteiger partial charge on any atom is 0.239 e. The fraction of sp³-hybridized carbons (Fsp3) is 0.474. The first kappa shape index (κ1) is 21.3. The molecule has 0 saturated carbocycles. The number of nitrogens with one attached hydrogen (secondary N) is 1. The van der Waals surface area contributed by atoms with Gasteiger partial charge in [0, 0.05) is 12.6 Å². The number of carbonyl (C=O) groups excluding carboxylic acids is 1. The number of halogens is 1. The minimum absolute atomic E-state index is 0.0277. The van der Waals surface area contributed by atoms with Crippen LogP contribution in [0.5, 0.6) is 5.75 Å². The van der Waals surface area contributed by atoms with Gasteiger partial charge in [-0.1, -0.05) is 6.07 Å². The number of carbonyl (C=O) groups is 1. The number of anilines is 1. The number of rotatable bonds is 7. The lowest BCUT2D eigenvalue weighted by Crippen LogP contribution is -2.31. The molecule has 1 fully saturated rings. The summed E-state index contributed by atoms with van der Waals surface area (Å²) in [5.41, 5.74) is 1.42. The van der Waals surface area contributed by atoms with Crippen LogP contribution < -0.4 is 10.1 Å². The average molecular weight is 424 g/mol. The lowest BCUT2D eigenvalue weighted by molar-refractivity contribution is -0.117. The second-order valence-corrected chi connectivity index (χ2v) is 9.59. The summed E-state index contributed by atoms with van der Waals surface area (Å²) >= 11 is 0. The van der Waals surface area contributed by atoms with Crippen molar-refractivity contribution in [2.45, 2.75) is 25.9 Å². The molecule has 0 radical (unpaired) electrons. The predicted molar refractivity (Wildman–Crippen MR) is 107 cm³/mol. The summed E-state index contributed by atoms with van der Waals surface area (Å²) in [6, 6.07) is 6.13. The second kappa shape index (κ2) is 8.50. The van der Waals surface area contributed by atoms with E-state index in [0.717, 1.165) is 5.56 Å². The first-order valence-electron chi connectivity index (χ1n) is 9.24. The van der Waals surface area contributed by atoms with Crippen LogP contribution in [0.2, 0.25) is 0 Å². The Kier molecular flexibility index (Phi) is 6.23. The quantitative estimate of drug-likeness (QED) is 0.728. The van der Waals surface area contributed by atoms with Crippen LogP contribution in [0.1, 0.15) is 23.7 Å². The number of aromatic nitrogens is 2. The number of hydrogen-bond donors (Lipinski definition) is 1. The summed E-state index contributed by atoms with van der Waals surface area (Å²) in [5.74, 6) is 0.104. The van der Waals surface area contributed by atoms with Gasteiger partial charge in [-0.3, -0.25) is 9.69 Å². The highest BCUT2D eigenvalue weighted by Gasteiger charge is 2.31. The van der Waals surface area contributed by atoms with E-state index >= 15 is 0 Å². The van der Waals surface area contributed by atoms with E-state index in [2.05, 4.69) is 10.4 Å². The Labute approximate surface area is 169 Å². The van der Waals surface area contributed by atoms with E-state index in [1.807, 2.05) is 0 Å². The number of nitrogens with zero attached hydrogens (tertiary/aromatic N) is 3. The summed E-state index contributed by atoms with van der Waals surface area (Å²) in [5, 5.41) is 7.17. The third kappa shape index (κ3) is 5.33. The fourth-order valence-electron chi connectivity index (χ4n) is 3.46. The van der Waals surface area contributed by atoms with E-state index in [1.165, 1.54) is 13.2 Å². The molecule has 29 heavy (non-hydrogen) atoms. The topological polar surface area (TPSA) is 93.5 Å². The molecule has 1 unspecified atom stereocenters. The molecular weight excluding hydrogens is 399 g/mol. The molecule has 1 saturated heterocycles. The smallest absolute Gasteiger partial charge is 0.239 e. The minimum Gasteiger partial charge on any atom is -0.494 e. The van der Waals surface area contributed by atoms with Gasteiger partial charge in [-0.2, -0.15) is 5.10 Å². The number of aryl methyl sites for hydroxylation is 1. The molecule has 1 aromatic heterocycles. The van der Waals surface area contributed by atoms with Gasteiger partial charge in [-0.05, 0) is 38.1 Å². The summed E-state index contributed by atoms with van der Waals surface area (Å²) in [6.45, 7) is 2.26. The van der Waals surface area contributed by atoms with Gasteiger partial charge in [0.2, 0.25) is 5.91 Å². The lowest BCUT2D eigenvalue weighted by atomic mass is 10.2. The van der Waals surface area contributed by atoms with E-state index in [-0.39, 0.29) is 35.7 Å². The van der Waals surface area contributed by atoms with Gasteiger partial charge >= 0.3 is 0 Å². The van der Waals surface area contributed by atoms with Crippen molar-refractivity contribution in [2.24, 2.45) is 0 Å². The molecule has 2 aromatic rings. The van der Waals surface area contributed by atoms with Crippen molar-refractivity contribution in [3.63, 3.8) is 0 Å². The van der Waals surface area contributed by atoms with Crippen LogP contribution in [0.4, 0.5) is 10.2 Å². The van der Waals surface area contributed by atoms with Gasteiger partial charge in [0.1, 0.15) is 5.82 Å². The number of amides is 1. The zero-order chi connectivity index (χ0) is 21.2. The first-order chi connectivity index (χ1) is 13.7. The largest absolute Gasteiger partial charge is 0.494 e. The van der Waals surface area contributed by atoms with Crippen molar-refractivity contribution in [3.8, 4) is 5.75 Å². The number of benzene rings is 1. The number of sulfone groups is 1. The number of ether oxygens (including phenoxy) is 1. The van der Waals surface area contributed by atoms with E-state index < -0.39 is 15.7 Å². The summed E-state index contributed by atoms with van der Waals surface area (Å²) in [7, 11) is 0.0994. The molecule has 3 rings (SSSR count). The Bertz CT molecular complexity index is 1010. The van der Waals surface area contributed by atoms with Crippen LogP contribution in [-0.2, 0) is 21.2 Å². The molecule has 1 aromatic carbocycles. The zero-order valence-corrected chi connectivity index (χ0v) is 17.5. The molecule has 10 heteroatoms. The Hall–Kier alpha value is -2.46. The molecule has 158 valence electrons. The zero-order valence-electron chi connectivity index (χ0n) is 16.7. The van der Waals surface area contributed by atoms with Gasteiger partial charge in [0.15, 0.2) is 21.4 Å². The van der Waals surface area contributed by atoms with E-state index in [4.69, 9.17) is 4.74 Å². The predicted octanol–water partition coefficient (Wildman–Crippen LogP) is 1.77. The normalized spacial score (nSPS) is 18.2. The van der Waals surface area contributed by atoms with Crippen LogP contribution in [0, 0.1) is 12.7 Å². The molecule has 0 bridgehead atoms. The number of hydrogen-bond acceptors (Lipinski definition) is 6. The van der Waals surface area contributed by atoms with Crippen molar-refractivity contribution in [1.82, 2.24) is 14.7 Å². The maximum absolute atomic E-state index is 13.8. The third-order valence-electron chi connectivity index (χ3n) is 4.76. The molecule has 1 amide bonds. The highest BCUT2D eigenvalue weighted by molar-refractivity contribution is 7.91. The fourth-order valence-corrected chi connectivity index (χ4v) is 5.15. The first-order valence-corrected chi connectivity index (χ1v) is 11.1. The van der Waals surface area contributed by atoms with Gasteiger partial charge in [-0.25, -0.2) is 17.5 Å². The molecule has 1 N–H and O–H groups in total. The highest BCUT2D eigenvalue weighted by atomic mass is 32.2. The lowest BCUT2D eigenvalue weighted by Gasteiger charge is -2.18. The van der Waals surface area contributed by atoms with Crippen molar-refractivity contribution in [3.05, 3.63) is 41.3 Å². The van der Waals surface area contributed by atoms with Crippen molar-refractivity contribution >= 4 is 21.6 Å². The van der Waals surface area contributed by atoms with Crippen LogP contribution in [0.15, 0.2) is 24.3 Å². The van der Waals surface area contributed by atoms with Crippen LogP contribution in [-0.4, -0.2) is 61.2 Å². The van der Waals surface area contributed by atoms with Gasteiger partial charge in [0.05, 0.1) is 36.9 Å². The minimum atomic E-state index is -3.06. The molecule has 0 aliphatic carbocycles. The summed E-state index contributed by atoms with van der Waals surface area (Å²) < 4.78 is 43.9. The maximum atomic E-state index is 13.8. The monoisotopic (exact) mass is 424 g/mol. The van der Waals surface area contributed by atoms with E-state index in [0.29, 0.717) is 24.5 Å². The van der Waals surface area contributed by atoms with Gasteiger partial charge in [0.25, 0.3) is 0 Å². The molecule has 1 aliphatic rings. The number of methoxy groups -OCH3 is 1. The Morgan fingerprint density at radius 1 is 1.41 bits per heavy atom. The van der Waals surface area contributed by atoms with Crippen LogP contribution in [0.25, 0.3) is 0 Å². The van der Waals surface area contributed by atoms with Crippen molar-refractivity contribution in [2.75, 3.05) is 37.5 Å². The third-order valence-corrected chi connectivity index (χ3v) is 6.51. The van der Waals surface area contributed by atoms with Gasteiger partial charge < -0.3 is 10.1 Å². The molecule has 1 atom stereocenters. The Balaban J connectivity index is 1.61. The van der Waals surface area contributed by atoms with Crippen LogP contribution in [0.3, 0.4) is 0 Å². The molecule has 8 nitrogen and oxygen atoms in total. The SMILES string of the molecule is COc1ccc(CN(C)CC(=O)Nc2cc(C)nn2C2CCS(=O)(=O)C2)cc1F. The van der Waals surface area contributed by atoms with Crippen LogP contribution >= 0.6 is 0 Å². The Morgan fingerprint density at radius 2 is 2.17 bits per heavy atom. The van der Waals surface area contributed by atoms with E-state index in [9.17, 15) is 17.6 Å². The molecule has 1 aliphatic heterocycles. The Morgan fingerprint density at radius 3 is 2.79 bits per heavy atom. The van der Waals surface area contributed by atoms with E-state index in [1.54, 1.807) is 41.8 Å². The second-order valence-electron chi connectivity index (χ2n) is 7.36. The molecule has 0 spiro atoms. The standard InChI is InChI=1S/C19H25FN4O4S/c1-13-8-18(24(22-13)15-6-7-29(26,27)12-15)21-19(25)11-23(2)10-14-4-5-17(28-3)16(20)9-14/h4-5,8-9,15H,6-7,10-12H2,1-3H3,(H,21,25). The average Bonchev–Trinajstić information content (AvgIpc) is 3.16. The van der Waals surface area contributed by atoms with Gasteiger partial charge in [-0.15, -0.1) is 0 Å². The summed E-state index contributed by atoms with van der Waals surface area (Å²) in [6.07, 6.45) is 0.481. The highest BCUT2D eigenvalue weighted by Crippen LogP contribution is 2.27.